The molecule has 0 radical (unpaired) electrons. The maximum Gasteiger partial charge on any atom is 0.337 e. The summed E-state index contributed by atoms with van der Waals surface area (Å²) in [6, 6.07) is 20.4. The number of hydrogen-bond acceptors (Lipinski definition) is 13. The van der Waals surface area contributed by atoms with Crippen LogP contribution in [0.3, 0.4) is 0 Å². The summed E-state index contributed by atoms with van der Waals surface area (Å²) in [7, 11) is 2.70. The second kappa shape index (κ2) is 16.0. The van der Waals surface area contributed by atoms with Crippen molar-refractivity contribution in [2.24, 2.45) is 0 Å². The van der Waals surface area contributed by atoms with Crippen molar-refractivity contribution in [1.29, 1.82) is 0 Å². The molecule has 0 aliphatic carbocycles. The number of anilines is 1. The number of thiophene rings is 2. The van der Waals surface area contributed by atoms with Crippen LogP contribution in [0.25, 0.3) is 43.2 Å². The zero-order valence-electron chi connectivity index (χ0n) is 30.0. The molecule has 54 heavy (non-hydrogen) atoms. The average Bonchev–Trinajstić information content (AvgIpc) is 3.65. The molecule has 0 saturated heterocycles. The van der Waals surface area contributed by atoms with E-state index in [1.165, 1.54) is 25.2 Å². The van der Waals surface area contributed by atoms with E-state index in [2.05, 4.69) is 20.0 Å². The van der Waals surface area contributed by atoms with Crippen molar-refractivity contribution in [3.63, 3.8) is 0 Å². The molecule has 4 aromatic heterocycles. The predicted molar refractivity (Wildman–Crippen MR) is 213 cm³/mol. The first kappa shape index (κ1) is 37.9. The summed E-state index contributed by atoms with van der Waals surface area (Å²) >= 11 is 9.51. The number of rotatable bonds is 8. The normalized spacial score (nSPS) is 10.9. The number of fused-ring (bicyclic) bond motifs is 2. The van der Waals surface area contributed by atoms with E-state index in [1.807, 2.05) is 33.8 Å². The number of nitro benzene ring substituents is 1. The summed E-state index contributed by atoms with van der Waals surface area (Å²) in [6.07, 6.45) is 0. The monoisotopic (exact) mass is 780 g/mol. The molecule has 12 nitrogen and oxygen atoms in total. The van der Waals surface area contributed by atoms with E-state index in [4.69, 9.17) is 26.3 Å². The summed E-state index contributed by atoms with van der Waals surface area (Å²) < 4.78 is 9.44. The molecule has 274 valence electrons. The van der Waals surface area contributed by atoms with E-state index in [9.17, 15) is 19.7 Å². The molecule has 0 atom stereocenters. The van der Waals surface area contributed by atoms with Crippen LogP contribution in [-0.4, -0.2) is 51.0 Å². The minimum Gasteiger partial charge on any atom is -0.465 e. The van der Waals surface area contributed by atoms with Gasteiger partial charge < -0.3 is 14.8 Å². The Morgan fingerprint density at radius 2 is 1.24 bits per heavy atom. The molecule has 15 heteroatoms. The third kappa shape index (κ3) is 7.90. The summed E-state index contributed by atoms with van der Waals surface area (Å²) in [5.41, 5.74) is 5.55. The van der Waals surface area contributed by atoms with E-state index >= 15 is 0 Å². The zero-order valence-corrected chi connectivity index (χ0v) is 32.4. The van der Waals surface area contributed by atoms with Crippen molar-refractivity contribution in [3.8, 4) is 22.8 Å². The van der Waals surface area contributed by atoms with Crippen LogP contribution in [0.1, 0.15) is 47.2 Å². The number of nitro groups is 1. The minimum absolute atomic E-state index is 0.0473. The van der Waals surface area contributed by atoms with Gasteiger partial charge in [-0.1, -0.05) is 48.0 Å². The molecule has 0 aliphatic heterocycles. The smallest absolute Gasteiger partial charge is 0.337 e. The summed E-state index contributed by atoms with van der Waals surface area (Å²) in [4.78, 5) is 56.4. The van der Waals surface area contributed by atoms with Gasteiger partial charge in [0.15, 0.2) is 11.6 Å². The van der Waals surface area contributed by atoms with Gasteiger partial charge >= 0.3 is 11.9 Å². The lowest BCUT2D eigenvalue weighted by Gasteiger charge is -2.10. The highest BCUT2D eigenvalue weighted by atomic mass is 35.5. The number of hydrogen-bond donors (Lipinski definition) is 1. The van der Waals surface area contributed by atoms with E-state index in [0.29, 0.717) is 40.3 Å². The average molecular weight is 781 g/mol. The molecule has 0 saturated carbocycles. The van der Waals surface area contributed by atoms with Gasteiger partial charge in [0.1, 0.15) is 20.6 Å². The fourth-order valence-corrected chi connectivity index (χ4v) is 7.97. The Labute approximate surface area is 323 Å². The molecule has 0 fully saturated rings. The molecule has 4 heterocycles. The zero-order chi connectivity index (χ0) is 38.7. The van der Waals surface area contributed by atoms with Gasteiger partial charge in [0.25, 0.3) is 5.69 Å². The van der Waals surface area contributed by atoms with Crippen molar-refractivity contribution in [3.05, 3.63) is 126 Å². The van der Waals surface area contributed by atoms with Gasteiger partial charge in [-0.3, -0.25) is 10.1 Å². The van der Waals surface area contributed by atoms with Gasteiger partial charge in [-0.25, -0.2) is 29.5 Å². The number of carbonyl (C=O) groups excluding carboxylic acids is 2. The van der Waals surface area contributed by atoms with Crippen molar-refractivity contribution in [2.75, 3.05) is 19.5 Å². The molecular weight excluding hydrogens is 748 g/mol. The fraction of sp³-hybridized carbons (Fsp3) is 0.179. The van der Waals surface area contributed by atoms with Gasteiger partial charge in [-0.15, -0.1) is 22.7 Å². The number of aryl methyl sites for hydroxylation is 4. The molecule has 0 spiro atoms. The van der Waals surface area contributed by atoms with E-state index in [0.717, 1.165) is 53.1 Å². The molecule has 0 aliphatic rings. The maximum absolute atomic E-state index is 11.7. The number of nitrogens with zero attached hydrogens (tertiary/aromatic N) is 5. The fourth-order valence-electron chi connectivity index (χ4n) is 5.55. The van der Waals surface area contributed by atoms with Gasteiger partial charge in [0.05, 0.1) is 41.0 Å². The molecule has 0 unspecified atom stereocenters. The topological polar surface area (TPSA) is 159 Å². The van der Waals surface area contributed by atoms with E-state index in [1.54, 1.807) is 83.3 Å². The van der Waals surface area contributed by atoms with Crippen LogP contribution >= 0.6 is 34.3 Å². The van der Waals surface area contributed by atoms with Gasteiger partial charge in [-0.05, 0) is 68.7 Å². The minimum atomic E-state index is -0.408. The molecule has 3 aromatic carbocycles. The number of benzene rings is 3. The number of esters is 2. The standard InChI is InChI=1S/C23H20N4O4S.C16H13ClN2O2S/c1-13-14(2)32-22-19(13)21(24-12-15-5-4-6-18(11-15)27(29)30)25-20(26-22)16-7-9-17(10-8-16)23(28)31-3;1-8-9(2)22-15-12(8)13(17)18-14(19-15)10-4-6-11(7-5-10)16(20)21-3/h4-11H,12H2,1-3H3,(H,24,25,26);4-7H,1-3H3. The Bertz CT molecular complexity index is 2550. The molecule has 1 N–H and O–H groups in total. The lowest BCUT2D eigenvalue weighted by Crippen LogP contribution is -2.05. The highest BCUT2D eigenvalue weighted by Gasteiger charge is 2.18. The highest BCUT2D eigenvalue weighted by Crippen LogP contribution is 2.36. The second-order valence-electron chi connectivity index (χ2n) is 12.1. The van der Waals surface area contributed by atoms with Gasteiger partial charge in [0.2, 0.25) is 0 Å². The van der Waals surface area contributed by atoms with Crippen LogP contribution < -0.4 is 5.32 Å². The third-order valence-electron chi connectivity index (χ3n) is 8.72. The van der Waals surface area contributed by atoms with E-state index < -0.39 is 10.9 Å². The predicted octanol–water partition coefficient (Wildman–Crippen LogP) is 9.70. The van der Waals surface area contributed by atoms with Crippen molar-refractivity contribution in [2.45, 2.75) is 34.2 Å². The lowest BCUT2D eigenvalue weighted by atomic mass is 10.1. The molecule has 0 amide bonds. The molecular formula is C39H33ClN6O6S2. The SMILES string of the molecule is COC(=O)c1ccc(-c2nc(Cl)c3c(C)c(C)sc3n2)cc1.COC(=O)c1ccc(-c2nc(NCc3cccc([N+](=O)[O-])c3)c3c(C)c(C)sc3n2)cc1. The first-order chi connectivity index (χ1) is 25.9. The summed E-state index contributed by atoms with van der Waals surface area (Å²) in [5, 5.41) is 16.7. The first-order valence-corrected chi connectivity index (χ1v) is 18.4. The molecule has 0 bridgehead atoms. The third-order valence-corrected chi connectivity index (χ3v) is 11.2. The Balaban J connectivity index is 0.000000197. The number of ether oxygens (including phenoxy) is 2. The van der Waals surface area contributed by atoms with Crippen LogP contribution in [0.5, 0.6) is 0 Å². The maximum atomic E-state index is 11.7. The van der Waals surface area contributed by atoms with Crippen molar-refractivity contribution < 1.29 is 24.0 Å². The number of carbonyl (C=O) groups is 2. The Kier molecular flexibility index (Phi) is 11.3. The van der Waals surface area contributed by atoms with E-state index in [-0.39, 0.29) is 11.7 Å². The van der Waals surface area contributed by atoms with Crippen LogP contribution in [0, 0.1) is 37.8 Å². The van der Waals surface area contributed by atoms with Crippen LogP contribution in [0.2, 0.25) is 5.15 Å². The Morgan fingerprint density at radius 3 is 1.76 bits per heavy atom. The Hall–Kier alpha value is -5.83. The number of methoxy groups -OCH3 is 2. The van der Waals surface area contributed by atoms with Crippen LogP contribution in [0.4, 0.5) is 11.5 Å². The Morgan fingerprint density at radius 1 is 0.741 bits per heavy atom. The lowest BCUT2D eigenvalue weighted by molar-refractivity contribution is -0.384. The first-order valence-electron chi connectivity index (χ1n) is 16.4. The highest BCUT2D eigenvalue weighted by molar-refractivity contribution is 7.19. The second-order valence-corrected chi connectivity index (χ2v) is 14.8. The van der Waals surface area contributed by atoms with Crippen molar-refractivity contribution in [1.82, 2.24) is 19.9 Å². The molecule has 7 rings (SSSR count). The van der Waals surface area contributed by atoms with Gasteiger partial charge in [0, 0.05) is 39.6 Å². The van der Waals surface area contributed by atoms with Crippen LogP contribution in [-0.2, 0) is 16.0 Å². The largest absolute Gasteiger partial charge is 0.465 e. The number of non-ortho nitro benzene ring substituents is 1. The van der Waals surface area contributed by atoms with Crippen LogP contribution in [0.15, 0.2) is 72.8 Å². The number of aromatic nitrogens is 4. The van der Waals surface area contributed by atoms with Gasteiger partial charge in [-0.2, -0.15) is 0 Å². The van der Waals surface area contributed by atoms with Crippen molar-refractivity contribution >= 4 is 78.2 Å². The summed E-state index contributed by atoms with van der Waals surface area (Å²) in [5.74, 6) is 0.962. The summed E-state index contributed by atoms with van der Waals surface area (Å²) in [6.45, 7) is 8.51. The number of halogens is 1. The quantitative estimate of drug-likeness (QED) is 0.0677. The number of nitrogens with one attached hydrogen (secondary N) is 1. The molecule has 7 aromatic rings.